The van der Waals surface area contributed by atoms with Gasteiger partial charge in [0.15, 0.2) is 0 Å². The number of hydrogen-bond donors (Lipinski definition) is 0. The van der Waals surface area contributed by atoms with E-state index in [2.05, 4.69) is 85.1 Å². The van der Waals surface area contributed by atoms with Gasteiger partial charge in [0.25, 0.3) is 0 Å². The van der Waals surface area contributed by atoms with Gasteiger partial charge in [-0.05, 0) is 51.4 Å². The molecule has 0 aromatic rings. The Balaban J connectivity index is 2.87. The third-order valence-electron chi connectivity index (χ3n) is 4.34. The molecule has 0 atom stereocenters. The molecule has 0 unspecified atom stereocenters. The van der Waals surface area contributed by atoms with Gasteiger partial charge in [0.2, 0.25) is 6.34 Å². The Hall–Kier alpha value is -0.530. The van der Waals surface area contributed by atoms with E-state index in [-0.39, 0.29) is 11.1 Å². The lowest BCUT2D eigenvalue weighted by Crippen LogP contribution is -2.45. The standard InChI is InChI=1S/C19H39N2/c1-16(2,3)13-18(7,8)20-11-12-21(15-20)19(9,10)14-17(4,5)6/h15H,11-14H2,1-10H3/q+1. The summed E-state index contributed by atoms with van der Waals surface area (Å²) in [6.07, 6.45) is 4.82. The van der Waals surface area contributed by atoms with Crippen molar-refractivity contribution in [2.45, 2.75) is 93.2 Å². The largest absolute Gasteiger partial charge is 0.259 e. The van der Waals surface area contributed by atoms with Crippen molar-refractivity contribution in [2.24, 2.45) is 10.8 Å². The van der Waals surface area contributed by atoms with E-state index in [1.165, 1.54) is 12.8 Å². The molecule has 0 fully saturated rings. The monoisotopic (exact) mass is 295 g/mol. The lowest BCUT2D eigenvalue weighted by atomic mass is 9.81. The quantitative estimate of drug-likeness (QED) is 0.677. The fourth-order valence-electron chi connectivity index (χ4n) is 4.22. The van der Waals surface area contributed by atoms with Gasteiger partial charge >= 0.3 is 0 Å². The van der Waals surface area contributed by atoms with E-state index >= 15 is 0 Å². The molecule has 2 heteroatoms. The van der Waals surface area contributed by atoms with E-state index < -0.39 is 0 Å². The maximum absolute atomic E-state index is 2.56. The zero-order valence-electron chi connectivity index (χ0n) is 16.3. The number of hydrogen-bond acceptors (Lipinski definition) is 1. The second-order valence-corrected chi connectivity index (χ2v) is 10.6. The van der Waals surface area contributed by atoms with E-state index in [4.69, 9.17) is 0 Å². The summed E-state index contributed by atoms with van der Waals surface area (Å²) in [6.45, 7) is 25.9. The van der Waals surface area contributed by atoms with Crippen molar-refractivity contribution in [3.63, 3.8) is 0 Å². The summed E-state index contributed by atoms with van der Waals surface area (Å²) < 4.78 is 2.56. The van der Waals surface area contributed by atoms with Crippen LogP contribution in [0.1, 0.15) is 82.1 Å². The summed E-state index contributed by atoms with van der Waals surface area (Å²) in [7, 11) is 0. The molecule has 2 nitrogen and oxygen atoms in total. The van der Waals surface area contributed by atoms with Gasteiger partial charge in [0.1, 0.15) is 24.2 Å². The Morgan fingerprint density at radius 1 is 0.810 bits per heavy atom. The number of nitrogens with zero attached hydrogens (tertiary/aromatic N) is 2. The minimum Gasteiger partial charge on any atom is -0.259 e. The highest BCUT2D eigenvalue weighted by molar-refractivity contribution is 5.52. The molecule has 1 heterocycles. The van der Waals surface area contributed by atoms with E-state index in [9.17, 15) is 0 Å². The van der Waals surface area contributed by atoms with E-state index in [1.54, 1.807) is 0 Å². The second kappa shape index (κ2) is 5.59. The van der Waals surface area contributed by atoms with Crippen LogP contribution in [0.25, 0.3) is 0 Å². The summed E-state index contributed by atoms with van der Waals surface area (Å²) in [5.74, 6) is 0. The number of rotatable bonds is 4. The van der Waals surface area contributed by atoms with Crippen molar-refractivity contribution in [2.75, 3.05) is 13.1 Å². The first-order valence-corrected chi connectivity index (χ1v) is 8.51. The summed E-state index contributed by atoms with van der Waals surface area (Å²) in [5, 5.41) is 0. The highest BCUT2D eigenvalue weighted by Crippen LogP contribution is 2.33. The Morgan fingerprint density at radius 2 is 1.29 bits per heavy atom. The van der Waals surface area contributed by atoms with Crippen molar-refractivity contribution >= 4 is 6.34 Å². The van der Waals surface area contributed by atoms with Crippen LogP contribution in [0.4, 0.5) is 0 Å². The zero-order valence-corrected chi connectivity index (χ0v) is 16.3. The third kappa shape index (κ3) is 5.64. The molecule has 0 aliphatic carbocycles. The van der Waals surface area contributed by atoms with Crippen LogP contribution in [-0.2, 0) is 0 Å². The van der Waals surface area contributed by atoms with Gasteiger partial charge in [-0.1, -0.05) is 41.5 Å². The average molecular weight is 296 g/mol. The predicted octanol–water partition coefficient (Wildman–Crippen LogP) is 4.77. The molecule has 1 aliphatic heterocycles. The molecule has 0 bridgehead atoms. The molecule has 1 rings (SSSR count). The van der Waals surface area contributed by atoms with Crippen LogP contribution in [-0.4, -0.2) is 40.0 Å². The summed E-state index contributed by atoms with van der Waals surface area (Å²) in [4.78, 5) is 2.56. The third-order valence-corrected chi connectivity index (χ3v) is 4.34. The van der Waals surface area contributed by atoms with Crippen molar-refractivity contribution < 1.29 is 4.58 Å². The molecule has 0 radical (unpaired) electrons. The molecule has 0 amide bonds. The molecule has 0 spiro atoms. The van der Waals surface area contributed by atoms with Gasteiger partial charge in [-0.2, -0.15) is 0 Å². The lowest BCUT2D eigenvalue weighted by Gasteiger charge is -2.34. The van der Waals surface area contributed by atoms with Crippen LogP contribution in [0.2, 0.25) is 0 Å². The maximum Gasteiger partial charge on any atom is 0.235 e. The van der Waals surface area contributed by atoms with Crippen LogP contribution in [0, 0.1) is 10.8 Å². The fraction of sp³-hybridized carbons (Fsp3) is 0.947. The Kier molecular flexibility index (Phi) is 4.93. The van der Waals surface area contributed by atoms with Gasteiger partial charge in [0.05, 0.1) is 0 Å². The van der Waals surface area contributed by atoms with Gasteiger partial charge in [0, 0.05) is 0 Å². The predicted molar refractivity (Wildman–Crippen MR) is 94.2 cm³/mol. The van der Waals surface area contributed by atoms with Crippen LogP contribution in [0.3, 0.4) is 0 Å². The van der Waals surface area contributed by atoms with Crippen LogP contribution in [0.5, 0.6) is 0 Å². The summed E-state index contributed by atoms with van der Waals surface area (Å²) in [5.41, 5.74) is 1.19. The van der Waals surface area contributed by atoms with E-state index in [1.807, 2.05) is 0 Å². The highest BCUT2D eigenvalue weighted by Gasteiger charge is 2.41. The summed E-state index contributed by atoms with van der Waals surface area (Å²) >= 11 is 0. The van der Waals surface area contributed by atoms with Gasteiger partial charge in [-0.15, -0.1) is 0 Å². The van der Waals surface area contributed by atoms with E-state index in [0.717, 1.165) is 13.1 Å². The Morgan fingerprint density at radius 3 is 1.71 bits per heavy atom. The highest BCUT2D eigenvalue weighted by atomic mass is 15.3. The van der Waals surface area contributed by atoms with Crippen molar-refractivity contribution in [3.8, 4) is 0 Å². The molecule has 0 aromatic heterocycles. The smallest absolute Gasteiger partial charge is 0.235 e. The molecule has 1 aliphatic rings. The first-order valence-electron chi connectivity index (χ1n) is 8.51. The minimum atomic E-state index is 0.227. The van der Waals surface area contributed by atoms with Gasteiger partial charge < -0.3 is 0 Å². The molecular weight excluding hydrogens is 256 g/mol. The van der Waals surface area contributed by atoms with Crippen molar-refractivity contribution in [3.05, 3.63) is 0 Å². The van der Waals surface area contributed by atoms with Gasteiger partial charge in [-0.3, -0.25) is 9.48 Å². The van der Waals surface area contributed by atoms with Crippen LogP contribution in [0.15, 0.2) is 0 Å². The first-order chi connectivity index (χ1) is 9.12. The SMILES string of the molecule is CC(C)(C)CC(C)(C)N1C=[N+](C(C)(C)CC(C)(C)C)CC1. The maximum atomic E-state index is 2.56. The first kappa shape index (κ1) is 18.5. The van der Waals surface area contributed by atoms with Crippen LogP contribution < -0.4 is 0 Å². The van der Waals surface area contributed by atoms with Crippen LogP contribution >= 0.6 is 0 Å². The zero-order chi connectivity index (χ0) is 16.7. The molecule has 0 saturated carbocycles. The van der Waals surface area contributed by atoms with E-state index in [0.29, 0.717) is 10.8 Å². The molecule has 0 aromatic carbocycles. The lowest BCUT2D eigenvalue weighted by molar-refractivity contribution is -0.592. The summed E-state index contributed by atoms with van der Waals surface area (Å²) in [6, 6.07) is 0. The molecular formula is C19H39N2+. The Labute approximate surface area is 133 Å². The average Bonchev–Trinajstić information content (AvgIpc) is 2.57. The van der Waals surface area contributed by atoms with Gasteiger partial charge in [-0.25, -0.2) is 0 Å². The molecule has 0 saturated heterocycles. The van der Waals surface area contributed by atoms with Crippen molar-refractivity contribution in [1.29, 1.82) is 0 Å². The van der Waals surface area contributed by atoms with Crippen molar-refractivity contribution in [1.82, 2.24) is 4.90 Å². The topological polar surface area (TPSA) is 6.25 Å². The molecule has 0 N–H and O–H groups in total. The Bertz CT molecular complexity index is 389. The fourth-order valence-corrected chi connectivity index (χ4v) is 4.22. The normalized spacial score (nSPS) is 18.2. The second-order valence-electron chi connectivity index (χ2n) is 10.6. The molecule has 124 valence electrons. The molecule has 21 heavy (non-hydrogen) atoms. The minimum absolute atomic E-state index is 0.227.